The minimum absolute atomic E-state index is 0.100. The summed E-state index contributed by atoms with van der Waals surface area (Å²) in [5.74, 6) is -0.878. The van der Waals surface area contributed by atoms with Gasteiger partial charge in [0.25, 0.3) is 5.91 Å². The Bertz CT molecular complexity index is 825. The van der Waals surface area contributed by atoms with Crippen LogP contribution in [0.25, 0.3) is 0 Å². The molecule has 0 aromatic heterocycles. The van der Waals surface area contributed by atoms with Crippen LogP contribution in [0.15, 0.2) is 48.5 Å². The number of amides is 2. The van der Waals surface area contributed by atoms with Crippen LogP contribution < -0.4 is 5.32 Å². The Hall–Kier alpha value is -2.87. The molecule has 0 bridgehead atoms. The third kappa shape index (κ3) is 7.03. The third-order valence-electron chi connectivity index (χ3n) is 3.84. The van der Waals surface area contributed by atoms with Crippen molar-refractivity contribution in [3.63, 3.8) is 0 Å². The molecule has 148 valence electrons. The minimum Gasteiger partial charge on any atom is -0.481 e. The quantitative estimate of drug-likeness (QED) is 0.670. The molecular weight excluding hydrogens is 383 g/mol. The third-order valence-corrected chi connectivity index (χ3v) is 4.84. The van der Waals surface area contributed by atoms with E-state index < -0.39 is 5.97 Å². The number of carbonyl (C=O) groups excluding carboxylic acids is 2. The van der Waals surface area contributed by atoms with E-state index >= 15 is 0 Å². The predicted octanol–water partition coefficient (Wildman–Crippen LogP) is 3.24. The topological polar surface area (TPSA) is 86.7 Å². The number of hydrogen-bond donors (Lipinski definition) is 2. The van der Waals surface area contributed by atoms with E-state index in [1.54, 1.807) is 19.2 Å². The van der Waals surface area contributed by atoms with Crippen molar-refractivity contribution < 1.29 is 23.9 Å². The van der Waals surface area contributed by atoms with Gasteiger partial charge in [-0.2, -0.15) is 0 Å². The van der Waals surface area contributed by atoms with E-state index in [1.165, 1.54) is 40.9 Å². The van der Waals surface area contributed by atoms with Crippen molar-refractivity contribution in [2.24, 2.45) is 0 Å². The first-order chi connectivity index (χ1) is 13.3. The molecule has 0 atom stereocenters. The number of benzene rings is 2. The molecule has 2 N–H and O–H groups in total. The van der Waals surface area contributed by atoms with Gasteiger partial charge < -0.3 is 15.3 Å². The number of carboxylic acids is 1. The van der Waals surface area contributed by atoms with Crippen molar-refractivity contribution in [2.45, 2.75) is 12.2 Å². The molecule has 0 spiro atoms. The summed E-state index contributed by atoms with van der Waals surface area (Å²) in [6.45, 7) is 0.148. The summed E-state index contributed by atoms with van der Waals surface area (Å²) in [7, 11) is 1.56. The number of nitrogens with zero attached hydrogens (tertiary/aromatic N) is 1. The highest BCUT2D eigenvalue weighted by molar-refractivity contribution is 7.99. The Balaban J connectivity index is 1.77. The number of aliphatic carboxylic acids is 1. The number of carbonyl (C=O) groups is 3. The average molecular weight is 404 g/mol. The van der Waals surface area contributed by atoms with Gasteiger partial charge in [-0.15, -0.1) is 11.8 Å². The van der Waals surface area contributed by atoms with E-state index in [1.807, 2.05) is 12.1 Å². The molecule has 2 rings (SSSR count). The van der Waals surface area contributed by atoms with Crippen molar-refractivity contribution in [1.82, 2.24) is 4.90 Å². The molecule has 0 aliphatic heterocycles. The van der Waals surface area contributed by atoms with E-state index in [0.29, 0.717) is 17.0 Å². The second kappa shape index (κ2) is 10.5. The number of rotatable bonds is 9. The maximum atomic E-state index is 12.8. The molecule has 0 aliphatic carbocycles. The molecule has 6 nitrogen and oxygen atoms in total. The molecule has 2 amide bonds. The van der Waals surface area contributed by atoms with Crippen LogP contribution in [0.5, 0.6) is 0 Å². The fraction of sp³-hybridized carbons (Fsp3) is 0.250. The summed E-state index contributed by atoms with van der Waals surface area (Å²) in [6.07, 6.45) is -0.100. The fourth-order valence-corrected chi connectivity index (χ4v) is 3.11. The molecule has 0 fully saturated rings. The smallest absolute Gasteiger partial charge is 0.305 e. The number of thioether (sulfide) groups is 1. The van der Waals surface area contributed by atoms with Gasteiger partial charge in [0.15, 0.2) is 0 Å². The Kier molecular flexibility index (Phi) is 8.01. The molecular formula is C20H21FN2O4S. The van der Waals surface area contributed by atoms with Gasteiger partial charge in [-0.1, -0.05) is 12.1 Å². The first-order valence-electron chi connectivity index (χ1n) is 8.54. The molecule has 0 saturated carbocycles. The van der Waals surface area contributed by atoms with Crippen LogP contribution in [0.2, 0.25) is 0 Å². The van der Waals surface area contributed by atoms with E-state index in [0.717, 1.165) is 5.56 Å². The van der Waals surface area contributed by atoms with Crippen LogP contribution in [0.3, 0.4) is 0 Å². The highest BCUT2D eigenvalue weighted by atomic mass is 32.2. The normalized spacial score (nSPS) is 10.4. The lowest BCUT2D eigenvalue weighted by Gasteiger charge is -2.16. The van der Waals surface area contributed by atoms with Gasteiger partial charge >= 0.3 is 5.97 Å². The van der Waals surface area contributed by atoms with E-state index in [4.69, 9.17) is 5.11 Å². The summed E-state index contributed by atoms with van der Waals surface area (Å²) < 4.78 is 12.8. The van der Waals surface area contributed by atoms with Crippen molar-refractivity contribution in [2.75, 3.05) is 24.7 Å². The number of carboxylic acid groups (broad SMARTS) is 1. The fourth-order valence-electron chi connectivity index (χ4n) is 2.32. The van der Waals surface area contributed by atoms with Crippen molar-refractivity contribution in [3.8, 4) is 0 Å². The molecule has 0 unspecified atom stereocenters. The monoisotopic (exact) mass is 404 g/mol. The molecule has 0 aliphatic rings. The van der Waals surface area contributed by atoms with Crippen LogP contribution in [0.1, 0.15) is 22.3 Å². The zero-order valence-electron chi connectivity index (χ0n) is 15.4. The maximum Gasteiger partial charge on any atom is 0.305 e. The average Bonchev–Trinajstić information content (AvgIpc) is 2.68. The lowest BCUT2D eigenvalue weighted by molar-refractivity contribution is -0.137. The molecule has 2 aromatic rings. The zero-order valence-corrected chi connectivity index (χ0v) is 16.2. The summed E-state index contributed by atoms with van der Waals surface area (Å²) in [6, 6.07) is 12.6. The Morgan fingerprint density at radius 2 is 1.71 bits per heavy atom. The lowest BCUT2D eigenvalue weighted by Crippen LogP contribution is -2.29. The van der Waals surface area contributed by atoms with Crippen LogP contribution in [0, 0.1) is 5.82 Å². The second-order valence-electron chi connectivity index (χ2n) is 6.12. The Morgan fingerprint density at radius 1 is 1.07 bits per heavy atom. The largest absolute Gasteiger partial charge is 0.481 e. The van der Waals surface area contributed by atoms with Gasteiger partial charge in [0.1, 0.15) is 5.82 Å². The SMILES string of the molecule is CN(CCC(=O)O)C(=O)c1ccc(CSCC(=O)Nc2ccc(F)cc2)cc1. The highest BCUT2D eigenvalue weighted by Gasteiger charge is 2.12. The molecule has 8 heteroatoms. The van der Waals surface area contributed by atoms with Gasteiger partial charge in [0.05, 0.1) is 12.2 Å². The number of halogens is 1. The van der Waals surface area contributed by atoms with E-state index in [9.17, 15) is 18.8 Å². The molecule has 0 radical (unpaired) electrons. The summed E-state index contributed by atoms with van der Waals surface area (Å²) in [5.41, 5.74) is 1.99. The van der Waals surface area contributed by atoms with Crippen LogP contribution in [-0.4, -0.2) is 47.1 Å². The number of anilines is 1. The number of hydrogen-bond acceptors (Lipinski definition) is 4. The van der Waals surface area contributed by atoms with E-state index in [-0.39, 0.29) is 36.4 Å². The van der Waals surface area contributed by atoms with Gasteiger partial charge in [-0.25, -0.2) is 4.39 Å². The second-order valence-corrected chi connectivity index (χ2v) is 7.10. The van der Waals surface area contributed by atoms with Crippen molar-refractivity contribution in [1.29, 1.82) is 0 Å². The summed E-state index contributed by atoms with van der Waals surface area (Å²) in [5, 5.41) is 11.4. The molecule has 0 saturated heterocycles. The molecule has 0 heterocycles. The first-order valence-corrected chi connectivity index (χ1v) is 9.70. The standard InChI is InChI=1S/C20H21FN2O4S/c1-23(11-10-19(25)26)20(27)15-4-2-14(3-5-15)12-28-13-18(24)22-17-8-6-16(21)7-9-17/h2-9H,10-13H2,1H3,(H,22,24)(H,25,26). The number of nitrogens with one attached hydrogen (secondary N) is 1. The summed E-state index contributed by atoms with van der Waals surface area (Å²) >= 11 is 1.42. The molecule has 2 aromatic carbocycles. The summed E-state index contributed by atoms with van der Waals surface area (Å²) in [4.78, 5) is 36.1. The van der Waals surface area contributed by atoms with E-state index in [2.05, 4.69) is 5.32 Å². The van der Waals surface area contributed by atoms with Crippen LogP contribution in [0.4, 0.5) is 10.1 Å². The molecule has 28 heavy (non-hydrogen) atoms. The van der Waals surface area contributed by atoms with Crippen molar-refractivity contribution >= 4 is 35.2 Å². The minimum atomic E-state index is -0.949. The van der Waals surface area contributed by atoms with Crippen molar-refractivity contribution in [3.05, 3.63) is 65.5 Å². The Labute approximate surface area is 166 Å². The van der Waals surface area contributed by atoms with Crippen LogP contribution >= 0.6 is 11.8 Å². The first kappa shape index (κ1) is 21.4. The Morgan fingerprint density at radius 3 is 2.32 bits per heavy atom. The predicted molar refractivity (Wildman–Crippen MR) is 107 cm³/mol. The van der Waals surface area contributed by atoms with Gasteiger partial charge in [0, 0.05) is 30.6 Å². The highest BCUT2D eigenvalue weighted by Crippen LogP contribution is 2.15. The zero-order chi connectivity index (χ0) is 20.5. The van der Waals surface area contributed by atoms with Gasteiger partial charge in [-0.05, 0) is 42.0 Å². The van der Waals surface area contributed by atoms with Gasteiger partial charge in [0.2, 0.25) is 5.91 Å². The van der Waals surface area contributed by atoms with Gasteiger partial charge in [-0.3, -0.25) is 14.4 Å². The lowest BCUT2D eigenvalue weighted by atomic mass is 10.1. The van der Waals surface area contributed by atoms with Crippen LogP contribution in [-0.2, 0) is 15.3 Å². The maximum absolute atomic E-state index is 12.8.